The number of aryl methyl sites for hydroxylation is 1. The minimum atomic E-state index is 0.129. The topological polar surface area (TPSA) is 20.3 Å². The molecule has 0 aliphatic carbocycles. The molecular formula is C17H17NO. The van der Waals surface area contributed by atoms with Crippen molar-refractivity contribution in [3.05, 3.63) is 54.1 Å². The predicted octanol–water partition coefficient (Wildman–Crippen LogP) is 3.65. The Balaban J connectivity index is 2.19. The van der Waals surface area contributed by atoms with Gasteiger partial charge in [-0.3, -0.25) is 4.79 Å². The molecule has 2 aromatic rings. The quantitative estimate of drug-likeness (QED) is 0.757. The highest BCUT2D eigenvalue weighted by atomic mass is 16.2. The number of hydrogen-bond donors (Lipinski definition) is 0. The normalized spacial score (nSPS) is 14.1. The van der Waals surface area contributed by atoms with E-state index in [0.29, 0.717) is 0 Å². The van der Waals surface area contributed by atoms with Crippen molar-refractivity contribution in [1.82, 2.24) is 0 Å². The van der Waals surface area contributed by atoms with E-state index in [1.54, 1.807) is 6.92 Å². The monoisotopic (exact) mass is 251 g/mol. The molecule has 0 N–H and O–H groups in total. The SMILES string of the molecule is CC(=O)N1CCCc2cccc(-c3ccccc3)c21. The Morgan fingerprint density at radius 3 is 2.58 bits per heavy atom. The largest absolute Gasteiger partial charge is 0.312 e. The summed E-state index contributed by atoms with van der Waals surface area (Å²) in [5.41, 5.74) is 4.72. The lowest BCUT2D eigenvalue weighted by atomic mass is 9.94. The van der Waals surface area contributed by atoms with Crippen LogP contribution in [0.5, 0.6) is 0 Å². The summed E-state index contributed by atoms with van der Waals surface area (Å²) in [5, 5.41) is 0. The Morgan fingerprint density at radius 1 is 1.05 bits per heavy atom. The van der Waals surface area contributed by atoms with Crippen LogP contribution in [-0.4, -0.2) is 12.5 Å². The molecule has 2 nitrogen and oxygen atoms in total. The van der Waals surface area contributed by atoms with E-state index in [9.17, 15) is 4.79 Å². The first kappa shape index (κ1) is 12.0. The highest BCUT2D eigenvalue weighted by Crippen LogP contribution is 2.37. The summed E-state index contributed by atoms with van der Waals surface area (Å²) in [7, 11) is 0. The summed E-state index contributed by atoms with van der Waals surface area (Å²) in [6.07, 6.45) is 2.10. The van der Waals surface area contributed by atoms with Gasteiger partial charge in [0.05, 0.1) is 5.69 Å². The van der Waals surface area contributed by atoms with Gasteiger partial charge >= 0.3 is 0 Å². The zero-order valence-electron chi connectivity index (χ0n) is 11.1. The number of para-hydroxylation sites is 1. The van der Waals surface area contributed by atoms with E-state index in [0.717, 1.165) is 30.6 Å². The Bertz CT molecular complexity index is 604. The molecule has 0 atom stereocenters. The number of nitrogens with zero attached hydrogens (tertiary/aromatic N) is 1. The van der Waals surface area contributed by atoms with E-state index in [1.165, 1.54) is 11.1 Å². The number of fused-ring (bicyclic) bond motifs is 1. The number of amides is 1. The lowest BCUT2D eigenvalue weighted by molar-refractivity contribution is -0.116. The van der Waals surface area contributed by atoms with Gasteiger partial charge in [0.15, 0.2) is 0 Å². The van der Waals surface area contributed by atoms with Crippen LogP contribution in [0.4, 0.5) is 5.69 Å². The summed E-state index contributed by atoms with van der Waals surface area (Å²) in [5.74, 6) is 0.129. The third-order valence-corrected chi connectivity index (χ3v) is 3.68. The maximum absolute atomic E-state index is 11.9. The molecule has 2 aromatic carbocycles. The molecule has 2 heteroatoms. The van der Waals surface area contributed by atoms with Crippen LogP contribution in [0.1, 0.15) is 18.9 Å². The van der Waals surface area contributed by atoms with E-state index in [1.807, 2.05) is 23.1 Å². The van der Waals surface area contributed by atoms with Gasteiger partial charge in [0.2, 0.25) is 5.91 Å². The van der Waals surface area contributed by atoms with Crippen molar-refractivity contribution in [1.29, 1.82) is 0 Å². The fraction of sp³-hybridized carbons (Fsp3) is 0.235. The summed E-state index contributed by atoms with van der Waals surface area (Å²) in [6.45, 7) is 2.48. The molecule has 0 fully saturated rings. The Labute approximate surface area is 113 Å². The Hall–Kier alpha value is -2.09. The minimum Gasteiger partial charge on any atom is -0.312 e. The standard InChI is InChI=1S/C17H17NO/c1-13(19)18-12-6-10-15-9-5-11-16(17(15)18)14-7-3-2-4-8-14/h2-5,7-9,11H,6,10,12H2,1H3. The maximum atomic E-state index is 11.9. The molecule has 1 aliphatic heterocycles. The molecule has 0 bridgehead atoms. The summed E-state index contributed by atoms with van der Waals surface area (Å²) in [4.78, 5) is 13.8. The van der Waals surface area contributed by atoms with Crippen LogP contribution in [0.15, 0.2) is 48.5 Å². The van der Waals surface area contributed by atoms with Gasteiger partial charge < -0.3 is 4.90 Å². The molecule has 1 amide bonds. The first-order valence-electron chi connectivity index (χ1n) is 6.73. The van der Waals surface area contributed by atoms with Crippen molar-refractivity contribution in [2.45, 2.75) is 19.8 Å². The molecule has 0 saturated heterocycles. The van der Waals surface area contributed by atoms with Crippen molar-refractivity contribution < 1.29 is 4.79 Å². The van der Waals surface area contributed by atoms with E-state index >= 15 is 0 Å². The molecule has 1 heterocycles. The van der Waals surface area contributed by atoms with Gasteiger partial charge in [-0.25, -0.2) is 0 Å². The van der Waals surface area contributed by atoms with Crippen molar-refractivity contribution in [2.24, 2.45) is 0 Å². The van der Waals surface area contributed by atoms with Gasteiger partial charge in [-0.1, -0.05) is 48.5 Å². The van der Waals surface area contributed by atoms with Crippen molar-refractivity contribution in [2.75, 3.05) is 11.4 Å². The van der Waals surface area contributed by atoms with Crippen LogP contribution in [0.3, 0.4) is 0 Å². The van der Waals surface area contributed by atoms with Crippen molar-refractivity contribution in [3.63, 3.8) is 0 Å². The lowest BCUT2D eigenvalue weighted by Gasteiger charge is -2.31. The van der Waals surface area contributed by atoms with Crippen molar-refractivity contribution >= 4 is 11.6 Å². The summed E-state index contributed by atoms with van der Waals surface area (Å²) < 4.78 is 0. The Kier molecular flexibility index (Phi) is 3.08. The molecule has 1 aliphatic rings. The molecule has 19 heavy (non-hydrogen) atoms. The summed E-state index contributed by atoms with van der Waals surface area (Å²) in [6, 6.07) is 16.6. The molecule has 0 spiro atoms. The van der Waals surface area contributed by atoms with Gasteiger partial charge in [-0.2, -0.15) is 0 Å². The van der Waals surface area contributed by atoms with E-state index in [-0.39, 0.29) is 5.91 Å². The lowest BCUT2D eigenvalue weighted by Crippen LogP contribution is -2.34. The van der Waals surface area contributed by atoms with Crippen LogP contribution in [0.25, 0.3) is 11.1 Å². The van der Waals surface area contributed by atoms with Crippen LogP contribution >= 0.6 is 0 Å². The van der Waals surface area contributed by atoms with Gasteiger partial charge in [0.25, 0.3) is 0 Å². The second kappa shape index (κ2) is 4.88. The number of rotatable bonds is 1. The number of benzene rings is 2. The third-order valence-electron chi connectivity index (χ3n) is 3.68. The van der Waals surface area contributed by atoms with Gasteiger partial charge in [0, 0.05) is 19.0 Å². The van der Waals surface area contributed by atoms with E-state index < -0.39 is 0 Å². The molecule has 3 rings (SSSR count). The highest BCUT2D eigenvalue weighted by Gasteiger charge is 2.23. The van der Waals surface area contributed by atoms with Gasteiger partial charge in [0.1, 0.15) is 0 Å². The third kappa shape index (κ3) is 2.14. The predicted molar refractivity (Wildman–Crippen MR) is 78.2 cm³/mol. The van der Waals surface area contributed by atoms with Crippen LogP contribution < -0.4 is 4.90 Å². The number of hydrogen-bond acceptors (Lipinski definition) is 1. The average Bonchev–Trinajstić information content (AvgIpc) is 2.46. The van der Waals surface area contributed by atoms with Crippen LogP contribution in [0.2, 0.25) is 0 Å². The molecule has 0 saturated carbocycles. The average molecular weight is 251 g/mol. The van der Waals surface area contributed by atoms with Gasteiger partial charge in [-0.15, -0.1) is 0 Å². The molecule has 0 unspecified atom stereocenters. The molecular weight excluding hydrogens is 234 g/mol. The second-order valence-corrected chi connectivity index (χ2v) is 4.95. The first-order valence-corrected chi connectivity index (χ1v) is 6.73. The number of carbonyl (C=O) groups is 1. The fourth-order valence-corrected chi connectivity index (χ4v) is 2.82. The number of anilines is 1. The zero-order chi connectivity index (χ0) is 13.2. The van der Waals surface area contributed by atoms with E-state index in [4.69, 9.17) is 0 Å². The summed E-state index contributed by atoms with van der Waals surface area (Å²) >= 11 is 0. The van der Waals surface area contributed by atoms with Gasteiger partial charge in [-0.05, 0) is 24.0 Å². The van der Waals surface area contributed by atoms with Crippen molar-refractivity contribution in [3.8, 4) is 11.1 Å². The second-order valence-electron chi connectivity index (χ2n) is 4.95. The first-order chi connectivity index (χ1) is 9.27. The Morgan fingerprint density at radius 2 is 1.84 bits per heavy atom. The molecule has 96 valence electrons. The molecule has 0 aromatic heterocycles. The zero-order valence-corrected chi connectivity index (χ0v) is 11.1. The van der Waals surface area contributed by atoms with Crippen LogP contribution in [0, 0.1) is 0 Å². The highest BCUT2D eigenvalue weighted by molar-refractivity contribution is 5.98. The van der Waals surface area contributed by atoms with Crippen LogP contribution in [-0.2, 0) is 11.2 Å². The minimum absolute atomic E-state index is 0.129. The smallest absolute Gasteiger partial charge is 0.223 e. The number of carbonyl (C=O) groups excluding carboxylic acids is 1. The maximum Gasteiger partial charge on any atom is 0.223 e. The molecule has 0 radical (unpaired) electrons. The van der Waals surface area contributed by atoms with E-state index in [2.05, 4.69) is 30.3 Å². The fourth-order valence-electron chi connectivity index (χ4n) is 2.82.